The summed E-state index contributed by atoms with van der Waals surface area (Å²) in [6.07, 6.45) is -12.1. The Bertz CT molecular complexity index is 1210. The normalized spacial score (nSPS) is 31.3. The lowest BCUT2D eigenvalue weighted by molar-refractivity contribution is -0.289. The average Bonchev–Trinajstić information content (AvgIpc) is 3.31. The van der Waals surface area contributed by atoms with Gasteiger partial charge in [0.15, 0.2) is 23.4 Å². The van der Waals surface area contributed by atoms with E-state index in [1.54, 1.807) is 12.1 Å². The fourth-order valence-corrected chi connectivity index (χ4v) is 4.48. The minimum Gasteiger partial charge on any atom is -0.497 e. The van der Waals surface area contributed by atoms with Crippen molar-refractivity contribution in [3.8, 4) is 17.2 Å². The maximum Gasteiger partial charge on any atom is 0.338 e. The first kappa shape index (κ1) is 32.8. The van der Waals surface area contributed by atoms with Gasteiger partial charge in [-0.05, 0) is 42.0 Å². The van der Waals surface area contributed by atoms with E-state index in [9.17, 15) is 40.5 Å². The average molecular weight is 613 g/mol. The SMILES string of the molecule is COc1ccc(C(=O)OC[C@@]2(O)CO[C@@H](OC[C@H]3O[C@@H](Oc4ccc([C@@H](O)CO)cc4OC)[C@H](O)[C@@H](O)[C@@H]3O)[C@@H]2O)cc1. The third kappa shape index (κ3) is 7.35. The standard InChI is InChI=1S/C28H36O15/c1-37-16-6-3-14(4-7-16)25(35)40-12-28(36)13-41-27(24(28)34)39-11-20-21(31)22(32)23(33)26(43-20)42-18-8-5-15(17(30)10-29)9-19(18)38-2/h3-9,17,20-24,26-27,29-34,36H,10-13H2,1-2H3/t17-,20+,21+,22-,23+,24-,26+,27+,28+/m0/s1. The minimum absolute atomic E-state index is 0.0625. The Morgan fingerprint density at radius 1 is 0.977 bits per heavy atom. The van der Waals surface area contributed by atoms with E-state index in [4.69, 9.17) is 33.2 Å². The van der Waals surface area contributed by atoms with Crippen LogP contribution < -0.4 is 14.2 Å². The van der Waals surface area contributed by atoms with Gasteiger partial charge in [0.05, 0.1) is 39.6 Å². The maximum absolute atomic E-state index is 12.4. The van der Waals surface area contributed by atoms with E-state index in [1.807, 2.05) is 0 Å². The van der Waals surface area contributed by atoms with Crippen molar-refractivity contribution in [2.24, 2.45) is 0 Å². The summed E-state index contributed by atoms with van der Waals surface area (Å²) in [7, 11) is 2.81. The molecule has 15 heteroatoms. The first-order valence-corrected chi connectivity index (χ1v) is 13.3. The molecule has 0 saturated carbocycles. The molecule has 0 aromatic heterocycles. The molecule has 0 unspecified atom stereocenters. The van der Waals surface area contributed by atoms with Crippen molar-refractivity contribution in [1.29, 1.82) is 0 Å². The summed E-state index contributed by atoms with van der Waals surface area (Å²) in [5.41, 5.74) is -1.47. The molecule has 2 aliphatic rings. The summed E-state index contributed by atoms with van der Waals surface area (Å²) >= 11 is 0. The molecule has 15 nitrogen and oxygen atoms in total. The summed E-state index contributed by atoms with van der Waals surface area (Å²) < 4.78 is 37.7. The van der Waals surface area contributed by atoms with Gasteiger partial charge >= 0.3 is 5.97 Å². The molecule has 43 heavy (non-hydrogen) atoms. The van der Waals surface area contributed by atoms with Gasteiger partial charge in [0.2, 0.25) is 6.29 Å². The first-order valence-electron chi connectivity index (χ1n) is 13.3. The van der Waals surface area contributed by atoms with Gasteiger partial charge in [-0.2, -0.15) is 0 Å². The highest BCUT2D eigenvalue weighted by Gasteiger charge is 2.51. The van der Waals surface area contributed by atoms with Crippen molar-refractivity contribution in [3.63, 3.8) is 0 Å². The highest BCUT2D eigenvalue weighted by molar-refractivity contribution is 5.89. The number of esters is 1. The molecule has 9 atom stereocenters. The molecular weight excluding hydrogens is 576 g/mol. The quantitative estimate of drug-likeness (QED) is 0.132. The van der Waals surface area contributed by atoms with Crippen LogP contribution in [0.5, 0.6) is 17.2 Å². The third-order valence-electron chi connectivity index (χ3n) is 7.17. The zero-order valence-electron chi connectivity index (χ0n) is 23.4. The molecule has 2 aromatic rings. The van der Waals surface area contributed by atoms with Crippen LogP contribution in [-0.2, 0) is 18.9 Å². The van der Waals surface area contributed by atoms with Gasteiger partial charge in [0.25, 0.3) is 0 Å². The molecule has 238 valence electrons. The van der Waals surface area contributed by atoms with Crippen LogP contribution in [0.3, 0.4) is 0 Å². The number of carbonyl (C=O) groups excluding carboxylic acids is 1. The molecule has 2 heterocycles. The highest BCUT2D eigenvalue weighted by atomic mass is 16.7. The second kappa shape index (κ2) is 14.1. The fourth-order valence-electron chi connectivity index (χ4n) is 4.48. The summed E-state index contributed by atoms with van der Waals surface area (Å²) in [6, 6.07) is 10.3. The van der Waals surface area contributed by atoms with Gasteiger partial charge in [0, 0.05) is 0 Å². The van der Waals surface area contributed by atoms with Crippen LogP contribution in [-0.4, -0.2) is 131 Å². The predicted molar refractivity (Wildman–Crippen MR) is 142 cm³/mol. The maximum atomic E-state index is 12.4. The second-order valence-corrected chi connectivity index (χ2v) is 10.1. The zero-order chi connectivity index (χ0) is 31.3. The van der Waals surface area contributed by atoms with Gasteiger partial charge in [-0.1, -0.05) is 6.07 Å². The molecule has 7 N–H and O–H groups in total. The van der Waals surface area contributed by atoms with Crippen LogP contribution in [0.4, 0.5) is 0 Å². The Morgan fingerprint density at radius 2 is 1.70 bits per heavy atom. The number of rotatable bonds is 12. The monoisotopic (exact) mass is 612 g/mol. The number of hydrogen-bond acceptors (Lipinski definition) is 15. The molecule has 2 saturated heterocycles. The molecule has 0 aliphatic carbocycles. The molecule has 2 aromatic carbocycles. The van der Waals surface area contributed by atoms with Crippen LogP contribution in [0.15, 0.2) is 42.5 Å². The number of carbonyl (C=O) groups is 1. The number of methoxy groups -OCH3 is 2. The van der Waals surface area contributed by atoms with E-state index in [1.165, 1.54) is 44.6 Å². The molecule has 2 fully saturated rings. The fraction of sp³-hybridized carbons (Fsp3) is 0.536. The van der Waals surface area contributed by atoms with Crippen molar-refractivity contribution in [1.82, 2.24) is 0 Å². The van der Waals surface area contributed by atoms with E-state index < -0.39 is 87.2 Å². The van der Waals surface area contributed by atoms with Gasteiger partial charge in [0.1, 0.15) is 49.0 Å². The van der Waals surface area contributed by atoms with Gasteiger partial charge < -0.3 is 68.9 Å². The van der Waals surface area contributed by atoms with E-state index in [-0.39, 0.29) is 17.1 Å². The van der Waals surface area contributed by atoms with Crippen LogP contribution in [0.25, 0.3) is 0 Å². The topological polar surface area (TPSA) is 223 Å². The van der Waals surface area contributed by atoms with E-state index >= 15 is 0 Å². The minimum atomic E-state index is -2.01. The molecule has 0 amide bonds. The van der Waals surface area contributed by atoms with E-state index in [0.29, 0.717) is 11.3 Å². The Morgan fingerprint density at radius 3 is 2.35 bits per heavy atom. The van der Waals surface area contributed by atoms with Crippen LogP contribution in [0, 0.1) is 0 Å². The lowest BCUT2D eigenvalue weighted by atomic mass is 9.99. The highest BCUT2D eigenvalue weighted by Crippen LogP contribution is 2.34. The van der Waals surface area contributed by atoms with Crippen molar-refractivity contribution in [2.75, 3.05) is 40.6 Å². The lowest BCUT2D eigenvalue weighted by Gasteiger charge is -2.40. The number of ether oxygens (including phenoxy) is 7. The van der Waals surface area contributed by atoms with Crippen LogP contribution in [0.2, 0.25) is 0 Å². The first-order chi connectivity index (χ1) is 20.5. The molecule has 4 rings (SSSR count). The number of aliphatic hydroxyl groups is 7. The summed E-state index contributed by atoms with van der Waals surface area (Å²) in [6.45, 7) is -2.06. The lowest BCUT2D eigenvalue weighted by Crippen LogP contribution is -2.60. The molecular formula is C28H36O15. The van der Waals surface area contributed by atoms with Crippen molar-refractivity contribution in [2.45, 2.75) is 54.8 Å². The molecule has 0 spiro atoms. The summed E-state index contributed by atoms with van der Waals surface area (Å²) in [5.74, 6) is -0.0212. The molecule has 0 radical (unpaired) electrons. The van der Waals surface area contributed by atoms with Gasteiger partial charge in [-0.3, -0.25) is 0 Å². The van der Waals surface area contributed by atoms with E-state index in [2.05, 4.69) is 0 Å². The van der Waals surface area contributed by atoms with Gasteiger partial charge in [-0.25, -0.2) is 4.79 Å². The van der Waals surface area contributed by atoms with E-state index in [0.717, 1.165) is 0 Å². The third-order valence-corrected chi connectivity index (χ3v) is 7.17. The largest absolute Gasteiger partial charge is 0.497 e. The molecule has 0 bridgehead atoms. The van der Waals surface area contributed by atoms with Gasteiger partial charge in [-0.15, -0.1) is 0 Å². The van der Waals surface area contributed by atoms with Crippen molar-refractivity contribution >= 4 is 5.97 Å². The summed E-state index contributed by atoms with van der Waals surface area (Å²) in [4.78, 5) is 12.4. The van der Waals surface area contributed by atoms with Crippen molar-refractivity contribution < 1.29 is 73.7 Å². The Labute approximate surface area is 246 Å². The number of hydrogen-bond donors (Lipinski definition) is 7. The zero-order valence-corrected chi connectivity index (χ0v) is 23.4. The number of aliphatic hydroxyl groups excluding tert-OH is 6. The van der Waals surface area contributed by atoms with Crippen LogP contribution in [0.1, 0.15) is 22.0 Å². The summed E-state index contributed by atoms with van der Waals surface area (Å²) in [5, 5.41) is 71.9. The van der Waals surface area contributed by atoms with Crippen molar-refractivity contribution in [3.05, 3.63) is 53.6 Å². The smallest absolute Gasteiger partial charge is 0.338 e. The number of benzene rings is 2. The Balaban J connectivity index is 1.34. The Kier molecular flexibility index (Phi) is 10.8. The second-order valence-electron chi connectivity index (χ2n) is 10.1. The predicted octanol–water partition coefficient (Wildman–Crippen LogP) is -1.76. The Hall–Kier alpha value is -3.09. The molecule has 2 aliphatic heterocycles. The van der Waals surface area contributed by atoms with Crippen LogP contribution >= 0.6 is 0 Å².